The Hall–Kier alpha value is -2.41. The lowest BCUT2D eigenvalue weighted by molar-refractivity contribution is -0.153. The molecule has 0 bridgehead atoms. The molecule has 1 aromatic heterocycles. The summed E-state index contributed by atoms with van der Waals surface area (Å²) in [6, 6.07) is 8.61. The van der Waals surface area contributed by atoms with E-state index < -0.39 is 0 Å². The Morgan fingerprint density at radius 1 is 1.00 bits per heavy atom. The molecule has 3 aliphatic heterocycles. The van der Waals surface area contributed by atoms with Crippen LogP contribution in [0.2, 0.25) is 0 Å². The third kappa shape index (κ3) is 3.94. The molecule has 0 radical (unpaired) electrons. The van der Waals surface area contributed by atoms with Crippen LogP contribution >= 0.6 is 0 Å². The van der Waals surface area contributed by atoms with Gasteiger partial charge >= 0.3 is 0 Å². The fourth-order valence-corrected chi connectivity index (χ4v) is 6.86. The van der Waals surface area contributed by atoms with E-state index in [1.54, 1.807) is 4.90 Å². The average Bonchev–Trinajstić information content (AvgIpc) is 3.45. The van der Waals surface area contributed by atoms with Crippen LogP contribution in [-0.2, 0) is 9.59 Å². The maximum Gasteiger partial charge on any atom is 0.229 e. The quantitative estimate of drug-likeness (QED) is 0.660. The lowest BCUT2D eigenvalue weighted by Crippen LogP contribution is -2.57. The van der Waals surface area contributed by atoms with Crippen molar-refractivity contribution in [3.8, 4) is 0 Å². The van der Waals surface area contributed by atoms with Gasteiger partial charge in [-0.2, -0.15) is 0 Å². The van der Waals surface area contributed by atoms with Crippen molar-refractivity contribution in [3.05, 3.63) is 24.3 Å². The largest absolute Gasteiger partial charge is 0.354 e. The second-order valence-electron chi connectivity index (χ2n) is 10.8. The van der Waals surface area contributed by atoms with Crippen molar-refractivity contribution in [1.82, 2.24) is 15.0 Å². The Balaban J connectivity index is 1.03. The number of rotatable bonds is 4. The van der Waals surface area contributed by atoms with Crippen molar-refractivity contribution in [2.24, 2.45) is 11.3 Å². The van der Waals surface area contributed by atoms with E-state index >= 15 is 0 Å². The molecule has 3 saturated heterocycles. The van der Waals surface area contributed by atoms with Crippen LogP contribution < -0.4 is 4.90 Å². The number of piperazine rings is 1. The second-order valence-corrected chi connectivity index (χ2v) is 10.8. The highest BCUT2D eigenvalue weighted by atomic mass is 16.5. The number of nitrogens with zero attached hydrogens (tertiary/aromatic N) is 4. The summed E-state index contributed by atoms with van der Waals surface area (Å²) < 4.78 is 5.53. The summed E-state index contributed by atoms with van der Waals surface area (Å²) in [5.74, 6) is 1.68. The molecule has 1 spiro atoms. The summed E-state index contributed by atoms with van der Waals surface area (Å²) in [5.41, 5.74) is 0.844. The first-order valence-corrected chi connectivity index (χ1v) is 12.8. The Morgan fingerprint density at radius 3 is 2.61 bits per heavy atom. The lowest BCUT2D eigenvalue weighted by atomic mass is 9.76. The molecular formula is C26H34N4O3. The zero-order chi connectivity index (χ0) is 22.4. The van der Waals surface area contributed by atoms with Gasteiger partial charge in [0.05, 0.1) is 5.39 Å². The molecule has 1 saturated carbocycles. The number of hydrogen-bond donors (Lipinski definition) is 0. The number of benzene rings is 1. The van der Waals surface area contributed by atoms with Gasteiger partial charge in [-0.15, -0.1) is 0 Å². The minimum Gasteiger partial charge on any atom is -0.354 e. The first-order chi connectivity index (χ1) is 16.1. The van der Waals surface area contributed by atoms with Crippen molar-refractivity contribution in [2.75, 3.05) is 37.6 Å². The molecule has 176 valence electrons. The van der Waals surface area contributed by atoms with Crippen molar-refractivity contribution in [2.45, 2.75) is 63.8 Å². The molecule has 2 atom stereocenters. The molecule has 33 heavy (non-hydrogen) atoms. The summed E-state index contributed by atoms with van der Waals surface area (Å²) in [6.45, 7) is 4.62. The van der Waals surface area contributed by atoms with Gasteiger partial charge in [0.25, 0.3) is 0 Å². The predicted molar refractivity (Wildman–Crippen MR) is 126 cm³/mol. The molecule has 4 aliphatic rings. The molecule has 7 nitrogen and oxygen atoms in total. The van der Waals surface area contributed by atoms with Gasteiger partial charge in [0.1, 0.15) is 0 Å². The predicted octanol–water partition coefficient (Wildman–Crippen LogP) is 3.83. The smallest absolute Gasteiger partial charge is 0.229 e. The van der Waals surface area contributed by atoms with Crippen molar-refractivity contribution in [1.29, 1.82) is 0 Å². The summed E-state index contributed by atoms with van der Waals surface area (Å²) in [7, 11) is 0. The molecule has 1 aromatic carbocycles. The van der Waals surface area contributed by atoms with Crippen molar-refractivity contribution in [3.63, 3.8) is 0 Å². The van der Waals surface area contributed by atoms with Gasteiger partial charge in [0, 0.05) is 51.6 Å². The second kappa shape index (κ2) is 8.42. The maximum atomic E-state index is 12.8. The number of carbonyl (C=O) groups excluding carboxylic acids is 2. The third-order valence-electron chi connectivity index (χ3n) is 8.74. The molecule has 0 N–H and O–H groups in total. The van der Waals surface area contributed by atoms with Crippen LogP contribution in [0.15, 0.2) is 28.8 Å². The summed E-state index contributed by atoms with van der Waals surface area (Å²) >= 11 is 0. The van der Waals surface area contributed by atoms with Gasteiger partial charge in [0.15, 0.2) is 11.4 Å². The highest BCUT2D eigenvalue weighted by molar-refractivity contribution is 5.98. The van der Waals surface area contributed by atoms with E-state index in [9.17, 15) is 9.59 Å². The third-order valence-corrected chi connectivity index (χ3v) is 8.74. The van der Waals surface area contributed by atoms with Gasteiger partial charge in [-0.1, -0.05) is 30.1 Å². The molecule has 4 heterocycles. The molecule has 4 fully saturated rings. The molecular weight excluding hydrogens is 416 g/mol. The first-order valence-electron chi connectivity index (χ1n) is 12.8. The van der Waals surface area contributed by atoms with E-state index in [1.807, 2.05) is 18.2 Å². The van der Waals surface area contributed by atoms with E-state index in [-0.39, 0.29) is 17.2 Å². The first kappa shape index (κ1) is 21.1. The van der Waals surface area contributed by atoms with E-state index in [2.05, 4.69) is 21.0 Å². The number of aromatic nitrogens is 1. The van der Waals surface area contributed by atoms with Gasteiger partial charge in [-0.05, 0) is 55.6 Å². The zero-order valence-electron chi connectivity index (χ0n) is 19.4. The van der Waals surface area contributed by atoms with E-state index in [1.165, 1.54) is 12.8 Å². The lowest BCUT2D eigenvalue weighted by Gasteiger charge is -2.46. The van der Waals surface area contributed by atoms with Crippen LogP contribution in [0.4, 0.5) is 5.82 Å². The summed E-state index contributed by atoms with van der Waals surface area (Å²) in [4.78, 5) is 32.1. The van der Waals surface area contributed by atoms with Gasteiger partial charge in [-0.3, -0.25) is 19.4 Å². The van der Waals surface area contributed by atoms with Crippen molar-refractivity contribution >= 4 is 28.6 Å². The Morgan fingerprint density at radius 2 is 1.79 bits per heavy atom. The minimum absolute atomic E-state index is 0.00241. The number of piperidine rings is 2. The zero-order valence-corrected chi connectivity index (χ0v) is 19.4. The summed E-state index contributed by atoms with van der Waals surface area (Å²) in [5, 5.41) is 5.45. The normalized spacial score (nSPS) is 28.1. The number of imide groups is 1. The molecule has 2 aromatic rings. The number of hydrogen-bond acceptors (Lipinski definition) is 6. The van der Waals surface area contributed by atoms with Crippen LogP contribution in [0.25, 0.3) is 11.0 Å². The standard InChI is InChI=1S/C26H34N4O3/c31-23-15-26(10-3-4-11-26)16-24(32)30(23)12-9-19-7-8-20-18-29(14-13-28(20)17-19)25-21-5-1-2-6-22(21)33-27-25/h1-2,5-6,19-20H,3-4,7-18H2/t19-,20+/m0/s1. The van der Waals surface area contributed by atoms with Gasteiger partial charge < -0.3 is 9.42 Å². The summed E-state index contributed by atoms with van der Waals surface area (Å²) in [6.07, 6.45) is 8.88. The average molecular weight is 451 g/mol. The highest BCUT2D eigenvalue weighted by Gasteiger charge is 2.45. The monoisotopic (exact) mass is 450 g/mol. The molecule has 6 rings (SSSR count). The van der Waals surface area contributed by atoms with Crippen LogP contribution in [0.1, 0.15) is 57.8 Å². The SMILES string of the molecule is O=C1CC2(CCCC2)CC(=O)N1CC[C@@H]1CC[C@@H]2CN(c3noc4ccccc34)CCN2C1. The van der Waals surface area contributed by atoms with Crippen LogP contribution in [0.5, 0.6) is 0 Å². The Kier molecular flexibility index (Phi) is 5.40. The number of para-hydroxylation sites is 1. The van der Waals surface area contributed by atoms with Crippen LogP contribution in [0.3, 0.4) is 0 Å². The topological polar surface area (TPSA) is 69.9 Å². The number of amides is 2. The van der Waals surface area contributed by atoms with E-state index in [4.69, 9.17) is 4.52 Å². The number of likely N-dealkylation sites (tertiary alicyclic amines) is 1. The van der Waals surface area contributed by atoms with E-state index in [0.717, 1.165) is 75.1 Å². The van der Waals surface area contributed by atoms with Crippen LogP contribution in [0, 0.1) is 11.3 Å². The van der Waals surface area contributed by atoms with Crippen molar-refractivity contribution < 1.29 is 14.1 Å². The molecule has 0 unspecified atom stereocenters. The molecule has 2 amide bonds. The molecule has 7 heteroatoms. The van der Waals surface area contributed by atoms with Gasteiger partial charge in [0.2, 0.25) is 11.8 Å². The van der Waals surface area contributed by atoms with Crippen LogP contribution in [-0.4, -0.2) is 65.5 Å². The minimum atomic E-state index is -0.00241. The maximum absolute atomic E-state index is 12.8. The van der Waals surface area contributed by atoms with Gasteiger partial charge in [-0.25, -0.2) is 0 Å². The fraction of sp³-hybridized carbons (Fsp3) is 0.654. The number of carbonyl (C=O) groups is 2. The number of fused-ring (bicyclic) bond motifs is 2. The Bertz CT molecular complexity index is 1020. The Labute approximate surface area is 195 Å². The molecule has 1 aliphatic carbocycles. The number of anilines is 1. The highest BCUT2D eigenvalue weighted by Crippen LogP contribution is 2.47. The van der Waals surface area contributed by atoms with E-state index in [0.29, 0.717) is 31.3 Å². The fourth-order valence-electron chi connectivity index (χ4n) is 6.86.